The molecule has 0 spiro atoms. The van der Waals surface area contributed by atoms with Gasteiger partial charge in [-0.1, -0.05) is 6.07 Å². The number of hydrogen-bond donors (Lipinski definition) is 0. The molecule has 5 nitrogen and oxygen atoms in total. The van der Waals surface area contributed by atoms with E-state index in [0.29, 0.717) is 24.7 Å². The first-order valence-electron chi connectivity index (χ1n) is 9.16. The van der Waals surface area contributed by atoms with Crippen LogP contribution in [0.15, 0.2) is 41.0 Å². The van der Waals surface area contributed by atoms with Crippen LogP contribution in [0.2, 0.25) is 0 Å². The topological polar surface area (TPSA) is 47.7 Å². The van der Waals surface area contributed by atoms with Crippen LogP contribution in [0.3, 0.4) is 0 Å². The van der Waals surface area contributed by atoms with Gasteiger partial charge in [0.05, 0.1) is 44.4 Å². The number of rotatable bonds is 6. The van der Waals surface area contributed by atoms with Crippen LogP contribution in [0.1, 0.15) is 30.0 Å². The first kappa shape index (κ1) is 16.8. The van der Waals surface area contributed by atoms with Gasteiger partial charge in [-0.2, -0.15) is 0 Å². The molecule has 0 bridgehead atoms. The molecule has 1 saturated heterocycles. The number of pyridine rings is 1. The van der Waals surface area contributed by atoms with Gasteiger partial charge in [-0.15, -0.1) is 0 Å². The van der Waals surface area contributed by atoms with Gasteiger partial charge in [-0.05, 0) is 49.9 Å². The quantitative estimate of drug-likeness (QED) is 0.807. The number of morpholine rings is 1. The Hall–Kier alpha value is -1.69. The highest BCUT2D eigenvalue weighted by atomic mass is 16.5. The van der Waals surface area contributed by atoms with E-state index in [1.807, 2.05) is 31.2 Å². The second kappa shape index (κ2) is 7.68. The Morgan fingerprint density at radius 3 is 3.04 bits per heavy atom. The predicted octanol–water partition coefficient (Wildman–Crippen LogP) is 3.18. The van der Waals surface area contributed by atoms with Gasteiger partial charge in [0.15, 0.2) is 0 Å². The summed E-state index contributed by atoms with van der Waals surface area (Å²) in [7, 11) is 0. The number of furan rings is 1. The SMILES string of the molecule is Cc1cccc(COCC2CC3OCCN(Cc4ccco4)C3C2)n1. The average Bonchev–Trinajstić information content (AvgIpc) is 3.25. The molecule has 1 saturated carbocycles. The van der Waals surface area contributed by atoms with Gasteiger partial charge in [-0.3, -0.25) is 9.88 Å². The molecule has 0 aromatic carbocycles. The van der Waals surface area contributed by atoms with Gasteiger partial charge < -0.3 is 13.9 Å². The van der Waals surface area contributed by atoms with Crippen molar-refractivity contribution >= 4 is 0 Å². The molecule has 3 heterocycles. The lowest BCUT2D eigenvalue weighted by Gasteiger charge is -2.37. The molecule has 0 radical (unpaired) electrons. The molecule has 1 aliphatic heterocycles. The molecule has 25 heavy (non-hydrogen) atoms. The summed E-state index contributed by atoms with van der Waals surface area (Å²) in [4.78, 5) is 7.00. The molecular weight excluding hydrogens is 316 g/mol. The highest BCUT2D eigenvalue weighted by molar-refractivity contribution is 5.09. The van der Waals surface area contributed by atoms with Crippen LogP contribution in [0, 0.1) is 12.8 Å². The summed E-state index contributed by atoms with van der Waals surface area (Å²) >= 11 is 0. The molecule has 5 heteroatoms. The molecule has 2 aliphatic rings. The van der Waals surface area contributed by atoms with Crippen molar-refractivity contribution in [2.24, 2.45) is 5.92 Å². The standard InChI is InChI=1S/C20H26N2O3/c1-15-4-2-5-17(21-15)14-23-13-16-10-19-20(11-16)25-9-7-22(19)12-18-6-3-8-24-18/h2-6,8,16,19-20H,7,9-14H2,1H3. The average molecular weight is 342 g/mol. The summed E-state index contributed by atoms with van der Waals surface area (Å²) < 4.78 is 17.5. The number of nitrogens with zero attached hydrogens (tertiary/aromatic N) is 2. The van der Waals surface area contributed by atoms with Crippen molar-refractivity contribution in [1.82, 2.24) is 9.88 Å². The third-order valence-electron chi connectivity index (χ3n) is 5.24. The molecule has 2 aromatic rings. The van der Waals surface area contributed by atoms with E-state index < -0.39 is 0 Å². The molecule has 2 aromatic heterocycles. The number of fused-ring (bicyclic) bond motifs is 1. The molecule has 3 unspecified atom stereocenters. The van der Waals surface area contributed by atoms with Crippen molar-refractivity contribution < 1.29 is 13.9 Å². The van der Waals surface area contributed by atoms with E-state index in [0.717, 1.165) is 56.3 Å². The van der Waals surface area contributed by atoms with Crippen molar-refractivity contribution in [3.8, 4) is 0 Å². The normalized spacial score (nSPS) is 26.7. The van der Waals surface area contributed by atoms with Gasteiger partial charge in [0.2, 0.25) is 0 Å². The van der Waals surface area contributed by atoms with Crippen molar-refractivity contribution in [3.05, 3.63) is 53.7 Å². The molecule has 0 N–H and O–H groups in total. The van der Waals surface area contributed by atoms with E-state index in [4.69, 9.17) is 13.9 Å². The minimum Gasteiger partial charge on any atom is -0.468 e. The highest BCUT2D eigenvalue weighted by Gasteiger charge is 2.41. The zero-order chi connectivity index (χ0) is 17.1. The monoisotopic (exact) mass is 342 g/mol. The molecular formula is C20H26N2O3. The summed E-state index contributed by atoms with van der Waals surface area (Å²) in [5.74, 6) is 1.59. The van der Waals surface area contributed by atoms with Gasteiger partial charge in [0.25, 0.3) is 0 Å². The maximum Gasteiger partial charge on any atom is 0.117 e. The first-order chi connectivity index (χ1) is 12.3. The fourth-order valence-electron chi connectivity index (χ4n) is 4.07. The van der Waals surface area contributed by atoms with Gasteiger partial charge in [-0.25, -0.2) is 0 Å². The number of aromatic nitrogens is 1. The Kier molecular flexibility index (Phi) is 5.15. The van der Waals surface area contributed by atoms with Gasteiger partial charge in [0.1, 0.15) is 5.76 Å². The second-order valence-corrected chi connectivity index (χ2v) is 7.15. The molecule has 1 aliphatic carbocycles. The van der Waals surface area contributed by atoms with Crippen molar-refractivity contribution in [1.29, 1.82) is 0 Å². The Labute approximate surface area is 148 Å². The molecule has 0 amide bonds. The molecule has 4 rings (SSSR count). The van der Waals surface area contributed by atoms with Crippen molar-refractivity contribution in [3.63, 3.8) is 0 Å². The minimum atomic E-state index is 0.328. The summed E-state index contributed by atoms with van der Waals surface area (Å²) in [5.41, 5.74) is 2.04. The third kappa shape index (κ3) is 4.11. The predicted molar refractivity (Wildman–Crippen MR) is 94.0 cm³/mol. The van der Waals surface area contributed by atoms with Crippen molar-refractivity contribution in [2.75, 3.05) is 19.8 Å². The minimum absolute atomic E-state index is 0.328. The van der Waals surface area contributed by atoms with Crippen molar-refractivity contribution in [2.45, 2.75) is 45.1 Å². The van der Waals surface area contributed by atoms with Crippen LogP contribution in [0.25, 0.3) is 0 Å². The molecule has 134 valence electrons. The van der Waals surface area contributed by atoms with E-state index in [9.17, 15) is 0 Å². The van der Waals surface area contributed by atoms with E-state index in [2.05, 4.69) is 16.0 Å². The Morgan fingerprint density at radius 1 is 1.24 bits per heavy atom. The van der Waals surface area contributed by atoms with E-state index in [1.165, 1.54) is 0 Å². The Morgan fingerprint density at radius 2 is 2.20 bits per heavy atom. The van der Waals surface area contributed by atoms with Crippen LogP contribution in [-0.2, 0) is 22.6 Å². The van der Waals surface area contributed by atoms with Gasteiger partial charge >= 0.3 is 0 Å². The molecule has 2 fully saturated rings. The van der Waals surface area contributed by atoms with E-state index in [-0.39, 0.29) is 0 Å². The summed E-state index contributed by atoms with van der Waals surface area (Å²) in [6.07, 6.45) is 4.29. The lowest BCUT2D eigenvalue weighted by atomic mass is 10.1. The zero-order valence-corrected chi connectivity index (χ0v) is 14.8. The van der Waals surface area contributed by atoms with Crippen LogP contribution in [0.4, 0.5) is 0 Å². The van der Waals surface area contributed by atoms with Crippen LogP contribution < -0.4 is 0 Å². The number of aryl methyl sites for hydroxylation is 1. The summed E-state index contributed by atoms with van der Waals surface area (Å²) in [6, 6.07) is 10.5. The second-order valence-electron chi connectivity index (χ2n) is 7.15. The first-order valence-corrected chi connectivity index (χ1v) is 9.16. The highest BCUT2D eigenvalue weighted by Crippen LogP contribution is 2.35. The van der Waals surface area contributed by atoms with E-state index >= 15 is 0 Å². The van der Waals surface area contributed by atoms with Crippen LogP contribution in [-0.4, -0.2) is 41.8 Å². The lowest BCUT2D eigenvalue weighted by Crippen LogP contribution is -2.47. The Balaban J connectivity index is 1.29. The summed E-state index contributed by atoms with van der Waals surface area (Å²) in [6.45, 7) is 6.03. The fraction of sp³-hybridized carbons (Fsp3) is 0.550. The van der Waals surface area contributed by atoms with Crippen LogP contribution >= 0.6 is 0 Å². The van der Waals surface area contributed by atoms with E-state index in [1.54, 1.807) is 6.26 Å². The summed E-state index contributed by atoms with van der Waals surface area (Å²) in [5, 5.41) is 0. The number of ether oxygens (including phenoxy) is 2. The zero-order valence-electron chi connectivity index (χ0n) is 14.8. The largest absolute Gasteiger partial charge is 0.468 e. The van der Waals surface area contributed by atoms with Crippen LogP contribution in [0.5, 0.6) is 0 Å². The maximum absolute atomic E-state index is 6.02. The molecule has 3 atom stereocenters. The Bertz CT molecular complexity index is 673. The van der Waals surface area contributed by atoms with Gasteiger partial charge in [0, 0.05) is 18.3 Å². The lowest BCUT2D eigenvalue weighted by molar-refractivity contribution is -0.0609. The third-order valence-corrected chi connectivity index (χ3v) is 5.24. The number of hydrogen-bond acceptors (Lipinski definition) is 5. The fourth-order valence-corrected chi connectivity index (χ4v) is 4.07. The maximum atomic E-state index is 6.02. The smallest absolute Gasteiger partial charge is 0.117 e.